The highest BCUT2D eigenvalue weighted by molar-refractivity contribution is 6.35. The summed E-state index contributed by atoms with van der Waals surface area (Å²) in [7, 11) is 1.32. The number of carbonyl (C=O) groups excluding carboxylic acids is 2. The first kappa shape index (κ1) is 10.7. The summed E-state index contributed by atoms with van der Waals surface area (Å²) < 4.78 is 0. The molecule has 0 aliphatic carbocycles. The molecular formula is C11H8ClNO3. The number of carbonyl (C=O) groups is 2. The fourth-order valence-corrected chi connectivity index (χ4v) is 1.63. The molecule has 1 heterocycles. The summed E-state index contributed by atoms with van der Waals surface area (Å²) in [6.07, 6.45) is 0. The molecule has 0 atom stereocenters. The molecule has 5 heteroatoms. The van der Waals surface area contributed by atoms with Crippen LogP contribution in [0.4, 0.5) is 0 Å². The standard InChI is InChI=1S/C11H8ClNO3/c1-13-10(15)8(9(14)11(13)16)6-2-4-7(12)5-3-6/h2-5,14H,1H3. The van der Waals surface area contributed by atoms with E-state index in [0.717, 1.165) is 4.90 Å². The van der Waals surface area contributed by atoms with Gasteiger partial charge in [-0.05, 0) is 17.7 Å². The van der Waals surface area contributed by atoms with Crippen LogP contribution in [0.15, 0.2) is 30.0 Å². The zero-order valence-corrected chi connectivity index (χ0v) is 9.15. The molecule has 1 aliphatic heterocycles. The van der Waals surface area contributed by atoms with E-state index in [-0.39, 0.29) is 5.57 Å². The van der Waals surface area contributed by atoms with Crippen molar-refractivity contribution in [3.05, 3.63) is 40.6 Å². The second-order valence-electron chi connectivity index (χ2n) is 3.40. The molecule has 0 fully saturated rings. The molecule has 16 heavy (non-hydrogen) atoms. The molecule has 1 aromatic rings. The Hall–Kier alpha value is -1.81. The highest BCUT2D eigenvalue weighted by Gasteiger charge is 2.36. The maximum absolute atomic E-state index is 11.7. The molecule has 1 aliphatic rings. The zero-order valence-electron chi connectivity index (χ0n) is 8.40. The van der Waals surface area contributed by atoms with E-state index in [4.69, 9.17) is 11.6 Å². The Morgan fingerprint density at radius 2 is 1.69 bits per heavy atom. The van der Waals surface area contributed by atoms with Crippen molar-refractivity contribution in [1.82, 2.24) is 4.90 Å². The van der Waals surface area contributed by atoms with Crippen molar-refractivity contribution < 1.29 is 14.7 Å². The summed E-state index contributed by atoms with van der Waals surface area (Å²) in [5.41, 5.74) is 0.494. The van der Waals surface area contributed by atoms with Gasteiger partial charge in [0.2, 0.25) is 0 Å². The van der Waals surface area contributed by atoms with E-state index >= 15 is 0 Å². The minimum absolute atomic E-state index is 0.0177. The van der Waals surface area contributed by atoms with Gasteiger partial charge in [0.05, 0.1) is 5.57 Å². The summed E-state index contributed by atoms with van der Waals surface area (Å²) in [6.45, 7) is 0. The van der Waals surface area contributed by atoms with Crippen molar-refractivity contribution in [3.63, 3.8) is 0 Å². The largest absolute Gasteiger partial charge is 0.502 e. The normalized spacial score (nSPS) is 16.2. The molecule has 2 rings (SSSR count). The molecule has 1 N–H and O–H groups in total. The van der Waals surface area contributed by atoms with Gasteiger partial charge in [-0.2, -0.15) is 0 Å². The van der Waals surface area contributed by atoms with Crippen LogP contribution in [-0.4, -0.2) is 28.9 Å². The number of likely N-dealkylation sites (N-methyl/N-ethyl adjacent to an activating group) is 1. The summed E-state index contributed by atoms with van der Waals surface area (Å²) >= 11 is 5.71. The van der Waals surface area contributed by atoms with Crippen LogP contribution in [0.2, 0.25) is 5.02 Å². The molecule has 0 bridgehead atoms. The molecule has 1 aromatic carbocycles. The quantitative estimate of drug-likeness (QED) is 0.755. The van der Waals surface area contributed by atoms with E-state index in [9.17, 15) is 14.7 Å². The number of imide groups is 1. The number of benzene rings is 1. The molecule has 0 aromatic heterocycles. The van der Waals surface area contributed by atoms with Gasteiger partial charge in [-0.1, -0.05) is 23.7 Å². The molecule has 0 unspecified atom stereocenters. The lowest BCUT2D eigenvalue weighted by atomic mass is 10.1. The maximum Gasteiger partial charge on any atom is 0.296 e. The number of hydrogen-bond acceptors (Lipinski definition) is 3. The number of aliphatic hydroxyl groups is 1. The highest BCUT2D eigenvalue weighted by Crippen LogP contribution is 2.27. The van der Waals surface area contributed by atoms with Crippen LogP contribution in [0, 0.1) is 0 Å². The van der Waals surface area contributed by atoms with Gasteiger partial charge >= 0.3 is 0 Å². The molecule has 0 radical (unpaired) electrons. The Labute approximate surface area is 96.7 Å². The van der Waals surface area contributed by atoms with E-state index in [1.54, 1.807) is 24.3 Å². The number of nitrogens with zero attached hydrogens (tertiary/aromatic N) is 1. The van der Waals surface area contributed by atoms with Crippen LogP contribution in [-0.2, 0) is 9.59 Å². The minimum Gasteiger partial charge on any atom is -0.502 e. The number of aliphatic hydroxyl groups excluding tert-OH is 1. The van der Waals surface area contributed by atoms with Crippen molar-refractivity contribution in [2.75, 3.05) is 7.05 Å². The number of rotatable bonds is 1. The third-order valence-electron chi connectivity index (χ3n) is 2.40. The highest BCUT2D eigenvalue weighted by atomic mass is 35.5. The summed E-state index contributed by atoms with van der Waals surface area (Å²) in [5.74, 6) is -1.71. The fraction of sp³-hybridized carbons (Fsp3) is 0.0909. The molecule has 2 amide bonds. The zero-order chi connectivity index (χ0) is 11.9. The Morgan fingerprint density at radius 1 is 1.12 bits per heavy atom. The van der Waals surface area contributed by atoms with Gasteiger partial charge in [0.15, 0.2) is 5.76 Å². The maximum atomic E-state index is 11.7. The lowest BCUT2D eigenvalue weighted by Gasteiger charge is -2.05. The van der Waals surface area contributed by atoms with Gasteiger partial charge in [-0.15, -0.1) is 0 Å². The average Bonchev–Trinajstić information content (AvgIpc) is 2.46. The van der Waals surface area contributed by atoms with Crippen LogP contribution in [0.5, 0.6) is 0 Å². The van der Waals surface area contributed by atoms with Crippen LogP contribution in [0.1, 0.15) is 5.56 Å². The van der Waals surface area contributed by atoms with E-state index < -0.39 is 17.6 Å². The monoisotopic (exact) mass is 237 g/mol. The van der Waals surface area contributed by atoms with Crippen molar-refractivity contribution in [1.29, 1.82) is 0 Å². The van der Waals surface area contributed by atoms with Crippen LogP contribution < -0.4 is 0 Å². The van der Waals surface area contributed by atoms with Gasteiger partial charge in [-0.25, -0.2) is 0 Å². The lowest BCUT2D eigenvalue weighted by molar-refractivity contribution is -0.136. The van der Waals surface area contributed by atoms with Gasteiger partial charge < -0.3 is 5.11 Å². The first-order valence-electron chi connectivity index (χ1n) is 4.54. The number of halogens is 1. The first-order chi connectivity index (χ1) is 7.52. The Bertz CT molecular complexity index is 504. The second kappa shape index (κ2) is 3.64. The predicted octanol–water partition coefficient (Wildman–Crippen LogP) is 1.61. The first-order valence-corrected chi connectivity index (χ1v) is 4.91. The molecule has 82 valence electrons. The SMILES string of the molecule is CN1C(=O)C(O)=C(c2ccc(Cl)cc2)C1=O. The summed E-state index contributed by atoms with van der Waals surface area (Å²) in [5, 5.41) is 10.1. The Kier molecular flexibility index (Phi) is 2.44. The lowest BCUT2D eigenvalue weighted by Crippen LogP contribution is -2.26. The topological polar surface area (TPSA) is 57.6 Å². The smallest absolute Gasteiger partial charge is 0.296 e. The van der Waals surface area contributed by atoms with E-state index in [2.05, 4.69) is 0 Å². The van der Waals surface area contributed by atoms with E-state index in [1.165, 1.54) is 7.05 Å². The van der Waals surface area contributed by atoms with Crippen molar-refractivity contribution in [2.45, 2.75) is 0 Å². The third-order valence-corrected chi connectivity index (χ3v) is 2.65. The second-order valence-corrected chi connectivity index (χ2v) is 3.84. The van der Waals surface area contributed by atoms with Crippen LogP contribution in [0.3, 0.4) is 0 Å². The number of hydrogen-bond donors (Lipinski definition) is 1. The molecule has 0 saturated carbocycles. The average molecular weight is 238 g/mol. The van der Waals surface area contributed by atoms with E-state index in [1.807, 2.05) is 0 Å². The molecule has 0 spiro atoms. The van der Waals surface area contributed by atoms with Crippen LogP contribution in [0.25, 0.3) is 5.57 Å². The minimum atomic E-state index is -0.685. The van der Waals surface area contributed by atoms with E-state index in [0.29, 0.717) is 10.6 Å². The molecular weight excluding hydrogens is 230 g/mol. The fourth-order valence-electron chi connectivity index (χ4n) is 1.50. The van der Waals surface area contributed by atoms with Crippen molar-refractivity contribution in [2.24, 2.45) is 0 Å². The Morgan fingerprint density at radius 3 is 2.12 bits per heavy atom. The summed E-state index contributed by atoms with van der Waals surface area (Å²) in [6, 6.07) is 6.34. The number of amides is 2. The van der Waals surface area contributed by atoms with Gasteiger partial charge in [0.25, 0.3) is 11.8 Å². The van der Waals surface area contributed by atoms with Crippen molar-refractivity contribution >= 4 is 29.0 Å². The third kappa shape index (κ3) is 1.47. The van der Waals surface area contributed by atoms with Gasteiger partial charge in [0, 0.05) is 12.1 Å². The Balaban J connectivity index is 2.52. The van der Waals surface area contributed by atoms with Crippen LogP contribution >= 0.6 is 11.6 Å². The molecule has 4 nitrogen and oxygen atoms in total. The van der Waals surface area contributed by atoms with Gasteiger partial charge in [0.1, 0.15) is 0 Å². The van der Waals surface area contributed by atoms with Crippen molar-refractivity contribution in [3.8, 4) is 0 Å². The predicted molar refractivity (Wildman–Crippen MR) is 58.8 cm³/mol. The summed E-state index contributed by atoms with van der Waals surface area (Å²) in [4.78, 5) is 23.9. The molecule has 0 saturated heterocycles. The van der Waals surface area contributed by atoms with Gasteiger partial charge in [-0.3, -0.25) is 14.5 Å².